The van der Waals surface area contributed by atoms with Gasteiger partial charge in [0, 0.05) is 11.8 Å². The summed E-state index contributed by atoms with van der Waals surface area (Å²) in [5, 5.41) is 10.5. The van der Waals surface area contributed by atoms with Gasteiger partial charge in [-0.1, -0.05) is 68.0 Å². The van der Waals surface area contributed by atoms with Crippen LogP contribution in [0.4, 0.5) is 0 Å². The topological polar surface area (TPSA) is 37.3 Å². The molecule has 116 valence electrons. The van der Waals surface area contributed by atoms with Crippen molar-refractivity contribution >= 4 is 11.9 Å². The first-order valence-electron chi connectivity index (χ1n) is 8.12. The van der Waals surface area contributed by atoms with Crippen molar-refractivity contribution in [2.75, 3.05) is 0 Å². The van der Waals surface area contributed by atoms with Crippen molar-refractivity contribution in [2.45, 2.75) is 32.8 Å². The van der Waals surface area contributed by atoms with Crippen LogP contribution in [0.15, 0.2) is 48.1 Å². The van der Waals surface area contributed by atoms with Gasteiger partial charge in [-0.05, 0) is 30.7 Å². The fraction of sp³-hybridized carbons (Fsp3) is 0.450. The number of benzene rings is 1. The minimum absolute atomic E-state index is 0.00217. The van der Waals surface area contributed by atoms with Gasteiger partial charge in [-0.15, -0.1) is 0 Å². The number of carbonyl (C=O) groups is 1. The Kier molecular flexibility index (Phi) is 3.82. The van der Waals surface area contributed by atoms with Crippen LogP contribution >= 0.6 is 0 Å². The predicted octanol–water partition coefficient (Wildman–Crippen LogP) is 3.87. The highest BCUT2D eigenvalue weighted by molar-refractivity contribution is 5.94. The third kappa shape index (κ3) is 2.46. The van der Waals surface area contributed by atoms with E-state index in [1.165, 1.54) is 5.57 Å². The Hall–Kier alpha value is -1.67. The summed E-state index contributed by atoms with van der Waals surface area (Å²) in [4.78, 5) is 12.7. The second-order valence-corrected chi connectivity index (χ2v) is 7.09. The summed E-state index contributed by atoms with van der Waals surface area (Å²) in [6, 6.07) is 10.2. The van der Waals surface area contributed by atoms with E-state index in [0.717, 1.165) is 12.0 Å². The van der Waals surface area contributed by atoms with Crippen molar-refractivity contribution in [3.8, 4) is 0 Å². The van der Waals surface area contributed by atoms with E-state index in [0.29, 0.717) is 5.92 Å². The molecule has 4 atom stereocenters. The number of aliphatic hydroxyl groups is 1. The van der Waals surface area contributed by atoms with Crippen molar-refractivity contribution in [3.05, 3.63) is 53.6 Å². The van der Waals surface area contributed by atoms with E-state index in [9.17, 15) is 9.90 Å². The largest absolute Gasteiger partial charge is 0.382 e. The third-order valence-corrected chi connectivity index (χ3v) is 5.21. The van der Waals surface area contributed by atoms with Crippen LogP contribution in [0.5, 0.6) is 0 Å². The highest BCUT2D eigenvalue weighted by Crippen LogP contribution is 2.49. The lowest BCUT2D eigenvalue weighted by Crippen LogP contribution is -2.56. The molecule has 2 heteroatoms. The van der Waals surface area contributed by atoms with E-state index in [1.807, 2.05) is 18.2 Å². The molecule has 1 aromatic rings. The summed E-state index contributed by atoms with van der Waals surface area (Å²) in [5.74, 6) is 0.311. The molecule has 1 fully saturated rings. The standard InChI is InChI=1S/C20H24O2/c1-13(2)17-12-16-11-15(18(17)19(21)20(16,3)22)10-9-14-7-5-4-6-8-14/h4-10,12-13,15-16,18,22H,11H2,1-3H3/b10-9+/t15-,16+,18-,20+/m1/s1. The molecule has 4 rings (SSSR count). The lowest BCUT2D eigenvalue weighted by molar-refractivity contribution is -0.151. The summed E-state index contributed by atoms with van der Waals surface area (Å²) < 4.78 is 0. The zero-order valence-electron chi connectivity index (χ0n) is 13.5. The molecule has 0 unspecified atom stereocenters. The van der Waals surface area contributed by atoms with E-state index >= 15 is 0 Å². The summed E-state index contributed by atoms with van der Waals surface area (Å²) in [7, 11) is 0. The highest BCUT2D eigenvalue weighted by Gasteiger charge is 2.54. The normalized spacial score (nSPS) is 34.5. The Labute approximate surface area is 132 Å². The molecule has 2 nitrogen and oxygen atoms in total. The Morgan fingerprint density at radius 3 is 2.55 bits per heavy atom. The van der Waals surface area contributed by atoms with Crippen LogP contribution < -0.4 is 0 Å². The van der Waals surface area contributed by atoms with Crippen LogP contribution in [0.25, 0.3) is 6.08 Å². The molecular formula is C20H24O2. The zero-order chi connectivity index (χ0) is 15.9. The van der Waals surface area contributed by atoms with Crippen LogP contribution in [0, 0.1) is 23.7 Å². The van der Waals surface area contributed by atoms with Crippen LogP contribution in [0.1, 0.15) is 32.8 Å². The Bertz CT molecular complexity index is 622. The molecule has 0 spiro atoms. The molecule has 0 amide bonds. The number of fused-ring (bicyclic) bond motifs is 2. The number of Topliss-reactive ketones (excluding diaryl/α,β-unsaturated/α-hetero) is 1. The molecule has 1 saturated carbocycles. The SMILES string of the molecule is CC(C)C1=C[C@@H]2C[C@@H](/C=C/c3ccccc3)[C@H]1C(=O)[C@@]2(C)O. The maximum Gasteiger partial charge on any atom is 0.172 e. The quantitative estimate of drug-likeness (QED) is 0.860. The molecule has 1 N–H and O–H groups in total. The monoisotopic (exact) mass is 296 g/mol. The molecule has 0 heterocycles. The molecular weight excluding hydrogens is 272 g/mol. The fourth-order valence-electron chi connectivity index (χ4n) is 3.86. The van der Waals surface area contributed by atoms with E-state index in [2.05, 4.69) is 44.2 Å². The highest BCUT2D eigenvalue weighted by atomic mass is 16.3. The van der Waals surface area contributed by atoms with Crippen molar-refractivity contribution in [3.63, 3.8) is 0 Å². The van der Waals surface area contributed by atoms with Gasteiger partial charge in [0.25, 0.3) is 0 Å². The number of hydrogen-bond acceptors (Lipinski definition) is 2. The summed E-state index contributed by atoms with van der Waals surface area (Å²) in [6.45, 7) is 5.94. The van der Waals surface area contributed by atoms with Gasteiger partial charge in [0.15, 0.2) is 5.78 Å². The average Bonchev–Trinajstić information content (AvgIpc) is 2.50. The molecule has 2 bridgehead atoms. The summed E-state index contributed by atoms with van der Waals surface area (Å²) >= 11 is 0. The second kappa shape index (κ2) is 5.51. The van der Waals surface area contributed by atoms with Gasteiger partial charge in [-0.2, -0.15) is 0 Å². The first kappa shape index (κ1) is 15.2. The van der Waals surface area contributed by atoms with Crippen LogP contribution in [-0.2, 0) is 4.79 Å². The maximum absolute atomic E-state index is 12.7. The minimum Gasteiger partial charge on any atom is -0.382 e. The van der Waals surface area contributed by atoms with E-state index in [1.54, 1.807) is 6.92 Å². The number of carbonyl (C=O) groups excluding carboxylic acids is 1. The average molecular weight is 296 g/mol. The van der Waals surface area contributed by atoms with Gasteiger partial charge in [-0.3, -0.25) is 4.79 Å². The van der Waals surface area contributed by atoms with Gasteiger partial charge < -0.3 is 5.11 Å². The van der Waals surface area contributed by atoms with E-state index in [4.69, 9.17) is 0 Å². The van der Waals surface area contributed by atoms with Gasteiger partial charge in [0.2, 0.25) is 0 Å². The smallest absolute Gasteiger partial charge is 0.172 e. The van der Waals surface area contributed by atoms with Crippen LogP contribution in [0.2, 0.25) is 0 Å². The van der Waals surface area contributed by atoms with Crippen molar-refractivity contribution in [1.82, 2.24) is 0 Å². The third-order valence-electron chi connectivity index (χ3n) is 5.21. The van der Waals surface area contributed by atoms with E-state index < -0.39 is 5.60 Å². The van der Waals surface area contributed by atoms with Crippen LogP contribution in [-0.4, -0.2) is 16.5 Å². The number of allylic oxidation sites excluding steroid dienone is 2. The summed E-state index contributed by atoms with van der Waals surface area (Å²) in [6.07, 6.45) is 7.27. The molecule has 0 aliphatic heterocycles. The fourth-order valence-corrected chi connectivity index (χ4v) is 3.86. The summed E-state index contributed by atoms with van der Waals surface area (Å²) in [5.41, 5.74) is 1.16. The molecule has 0 aromatic heterocycles. The van der Waals surface area contributed by atoms with Crippen LogP contribution in [0.3, 0.4) is 0 Å². The number of hydrogen-bond donors (Lipinski definition) is 1. The van der Waals surface area contributed by atoms with E-state index in [-0.39, 0.29) is 23.5 Å². The first-order valence-corrected chi connectivity index (χ1v) is 8.12. The maximum atomic E-state index is 12.7. The molecule has 0 radical (unpaired) electrons. The number of rotatable bonds is 3. The lowest BCUT2D eigenvalue weighted by atomic mass is 9.56. The Morgan fingerprint density at radius 1 is 1.27 bits per heavy atom. The predicted molar refractivity (Wildman–Crippen MR) is 89.1 cm³/mol. The van der Waals surface area contributed by atoms with Gasteiger partial charge in [0.1, 0.15) is 5.60 Å². The van der Waals surface area contributed by atoms with Crippen molar-refractivity contribution in [1.29, 1.82) is 0 Å². The van der Waals surface area contributed by atoms with Gasteiger partial charge >= 0.3 is 0 Å². The molecule has 3 aliphatic carbocycles. The zero-order valence-corrected chi connectivity index (χ0v) is 13.5. The minimum atomic E-state index is -1.19. The van der Waals surface area contributed by atoms with Gasteiger partial charge in [-0.25, -0.2) is 0 Å². The molecule has 0 saturated heterocycles. The molecule has 3 aliphatic rings. The number of ketones is 1. The van der Waals surface area contributed by atoms with Crippen molar-refractivity contribution in [2.24, 2.45) is 23.7 Å². The second-order valence-electron chi connectivity index (χ2n) is 7.09. The molecule has 1 aromatic carbocycles. The Morgan fingerprint density at radius 2 is 1.95 bits per heavy atom. The first-order chi connectivity index (χ1) is 10.4. The molecule has 22 heavy (non-hydrogen) atoms. The van der Waals surface area contributed by atoms with Gasteiger partial charge in [0.05, 0.1) is 0 Å². The lowest BCUT2D eigenvalue weighted by Gasteiger charge is -2.48. The Balaban J connectivity index is 1.91. The van der Waals surface area contributed by atoms with Crippen molar-refractivity contribution < 1.29 is 9.90 Å².